The summed E-state index contributed by atoms with van der Waals surface area (Å²) >= 11 is 4.79. The van der Waals surface area contributed by atoms with Gasteiger partial charge in [0.15, 0.2) is 5.05 Å². The van der Waals surface area contributed by atoms with Gasteiger partial charge in [-0.3, -0.25) is 4.79 Å². The largest absolute Gasteiger partial charge is 0.490 e. The molecule has 0 aliphatic rings. The Balaban J connectivity index is 3.05. The van der Waals surface area contributed by atoms with Gasteiger partial charge in [-0.1, -0.05) is 0 Å². The van der Waals surface area contributed by atoms with Gasteiger partial charge in [0.25, 0.3) is 0 Å². The summed E-state index contributed by atoms with van der Waals surface area (Å²) in [6, 6.07) is 1.91. The van der Waals surface area contributed by atoms with Gasteiger partial charge >= 0.3 is 0 Å². The van der Waals surface area contributed by atoms with E-state index in [2.05, 4.69) is 5.32 Å². The molecule has 92 valence electrons. The Labute approximate surface area is 103 Å². The van der Waals surface area contributed by atoms with Crippen LogP contribution in [0.4, 0.5) is 14.5 Å². The van der Waals surface area contributed by atoms with Crippen LogP contribution in [0.1, 0.15) is 12.5 Å². The van der Waals surface area contributed by atoms with Crippen molar-refractivity contribution in [1.82, 2.24) is 0 Å². The van der Waals surface area contributed by atoms with E-state index < -0.39 is 17.5 Å². The Morgan fingerprint density at radius 1 is 1.41 bits per heavy atom. The van der Waals surface area contributed by atoms with Gasteiger partial charge in [-0.15, -0.1) is 0 Å². The van der Waals surface area contributed by atoms with Crippen LogP contribution in [-0.2, 0) is 16.0 Å². The van der Waals surface area contributed by atoms with Crippen LogP contribution in [0.5, 0.6) is 0 Å². The Morgan fingerprint density at radius 2 is 2.06 bits per heavy atom. The van der Waals surface area contributed by atoms with Crippen LogP contribution in [0, 0.1) is 11.6 Å². The highest BCUT2D eigenvalue weighted by Gasteiger charge is 2.12. The fraction of sp³-hybridized carbons (Fsp3) is 0.273. The SMILES string of the molecule is COC(=S)Cc1cc(NC(C)=O)c(F)cc1F. The average Bonchev–Trinajstić information content (AvgIpc) is 2.24. The van der Waals surface area contributed by atoms with Crippen LogP contribution in [-0.4, -0.2) is 18.1 Å². The van der Waals surface area contributed by atoms with Crippen molar-refractivity contribution < 1.29 is 18.3 Å². The zero-order valence-electron chi connectivity index (χ0n) is 9.34. The van der Waals surface area contributed by atoms with Crippen LogP contribution < -0.4 is 5.32 Å². The number of thiocarbonyl (C=S) groups is 1. The van der Waals surface area contributed by atoms with Crippen molar-refractivity contribution in [1.29, 1.82) is 0 Å². The van der Waals surface area contributed by atoms with E-state index in [1.165, 1.54) is 20.1 Å². The molecular formula is C11H11F2NO2S. The van der Waals surface area contributed by atoms with Gasteiger partial charge < -0.3 is 10.1 Å². The summed E-state index contributed by atoms with van der Waals surface area (Å²) in [5.74, 6) is -1.99. The van der Waals surface area contributed by atoms with Gasteiger partial charge in [-0.2, -0.15) is 0 Å². The summed E-state index contributed by atoms with van der Waals surface area (Å²) in [5.41, 5.74) is 0.0924. The molecule has 0 saturated carbocycles. The number of carbonyl (C=O) groups excluding carboxylic acids is 1. The quantitative estimate of drug-likeness (QED) is 0.847. The van der Waals surface area contributed by atoms with Crippen molar-refractivity contribution in [2.75, 3.05) is 12.4 Å². The minimum atomic E-state index is -0.829. The van der Waals surface area contributed by atoms with Crippen LogP contribution in [0.3, 0.4) is 0 Å². The molecule has 0 saturated heterocycles. The van der Waals surface area contributed by atoms with Crippen molar-refractivity contribution in [3.05, 3.63) is 29.3 Å². The van der Waals surface area contributed by atoms with Crippen LogP contribution >= 0.6 is 12.2 Å². The Kier molecular flexibility index (Phi) is 4.51. The molecule has 3 nitrogen and oxygen atoms in total. The molecule has 0 radical (unpaired) electrons. The zero-order valence-corrected chi connectivity index (χ0v) is 10.2. The van der Waals surface area contributed by atoms with E-state index in [0.717, 1.165) is 0 Å². The second-order valence-electron chi connectivity index (χ2n) is 3.36. The van der Waals surface area contributed by atoms with E-state index >= 15 is 0 Å². The predicted octanol–water partition coefficient (Wildman–Crippen LogP) is 2.44. The van der Waals surface area contributed by atoms with Crippen LogP contribution in [0.25, 0.3) is 0 Å². The number of ether oxygens (including phenoxy) is 1. The van der Waals surface area contributed by atoms with Gasteiger partial charge in [0.2, 0.25) is 5.91 Å². The highest BCUT2D eigenvalue weighted by atomic mass is 32.1. The second kappa shape index (κ2) is 5.67. The third kappa shape index (κ3) is 3.74. The first-order valence-electron chi connectivity index (χ1n) is 4.76. The summed E-state index contributed by atoms with van der Waals surface area (Å²) in [4.78, 5) is 10.8. The number of benzene rings is 1. The molecule has 0 unspecified atom stereocenters. The van der Waals surface area contributed by atoms with Gasteiger partial charge in [0, 0.05) is 19.4 Å². The summed E-state index contributed by atoms with van der Waals surface area (Å²) in [5, 5.41) is 2.45. The predicted molar refractivity (Wildman–Crippen MR) is 64.0 cm³/mol. The first kappa shape index (κ1) is 13.5. The van der Waals surface area contributed by atoms with Gasteiger partial charge in [0.1, 0.15) is 11.6 Å². The Hall–Kier alpha value is -1.56. The van der Waals surface area contributed by atoms with E-state index in [1.807, 2.05) is 0 Å². The summed E-state index contributed by atoms with van der Waals surface area (Å²) < 4.78 is 31.4. The standard InChI is InChI=1S/C11H11F2NO2S/c1-6(15)14-10-3-7(4-11(17)16-2)8(12)5-9(10)13/h3,5H,4H2,1-2H3,(H,14,15). The molecule has 0 atom stereocenters. The normalized spacial score (nSPS) is 9.88. The molecule has 1 N–H and O–H groups in total. The number of anilines is 1. The maximum atomic E-state index is 13.4. The van der Waals surface area contributed by atoms with Crippen molar-refractivity contribution in [2.45, 2.75) is 13.3 Å². The van der Waals surface area contributed by atoms with Crippen molar-refractivity contribution in [3.8, 4) is 0 Å². The zero-order chi connectivity index (χ0) is 13.0. The second-order valence-corrected chi connectivity index (χ2v) is 3.81. The molecular weight excluding hydrogens is 248 g/mol. The molecule has 1 aromatic carbocycles. The van der Waals surface area contributed by atoms with Crippen molar-refractivity contribution in [3.63, 3.8) is 0 Å². The number of nitrogens with one attached hydrogen (secondary N) is 1. The molecule has 17 heavy (non-hydrogen) atoms. The van der Waals surface area contributed by atoms with E-state index in [0.29, 0.717) is 6.07 Å². The number of hydrogen-bond acceptors (Lipinski definition) is 3. The van der Waals surface area contributed by atoms with E-state index in [1.54, 1.807) is 0 Å². The molecule has 1 aromatic rings. The third-order valence-corrected chi connectivity index (χ3v) is 2.32. The number of rotatable bonds is 3. The average molecular weight is 259 g/mol. The fourth-order valence-electron chi connectivity index (χ4n) is 1.24. The van der Waals surface area contributed by atoms with E-state index in [9.17, 15) is 13.6 Å². The third-order valence-electron chi connectivity index (χ3n) is 2.01. The molecule has 0 spiro atoms. The van der Waals surface area contributed by atoms with Crippen LogP contribution in [0.2, 0.25) is 0 Å². The first-order valence-corrected chi connectivity index (χ1v) is 5.17. The summed E-state index contributed by atoms with van der Waals surface area (Å²) in [7, 11) is 1.37. The lowest BCUT2D eigenvalue weighted by atomic mass is 10.1. The topological polar surface area (TPSA) is 38.3 Å². The molecule has 0 heterocycles. The molecule has 0 fully saturated rings. The minimum absolute atomic E-state index is 0.0462. The van der Waals surface area contributed by atoms with Crippen molar-refractivity contribution in [2.24, 2.45) is 0 Å². The van der Waals surface area contributed by atoms with Crippen LogP contribution in [0.15, 0.2) is 12.1 Å². The molecule has 6 heteroatoms. The van der Waals surface area contributed by atoms with Gasteiger partial charge in [-0.05, 0) is 23.8 Å². The maximum absolute atomic E-state index is 13.4. The number of methoxy groups -OCH3 is 1. The van der Waals surface area contributed by atoms with Gasteiger partial charge in [-0.25, -0.2) is 8.78 Å². The van der Waals surface area contributed by atoms with Crippen molar-refractivity contribution >= 4 is 28.9 Å². The molecule has 0 aromatic heterocycles. The Bertz CT molecular complexity index is 463. The molecule has 0 aliphatic heterocycles. The lowest BCUT2D eigenvalue weighted by Gasteiger charge is -2.09. The number of hydrogen-bond donors (Lipinski definition) is 1. The molecule has 0 bridgehead atoms. The molecule has 0 aliphatic carbocycles. The summed E-state index contributed by atoms with van der Waals surface area (Å²) in [6.45, 7) is 1.24. The lowest BCUT2D eigenvalue weighted by Crippen LogP contribution is -2.10. The molecule has 1 rings (SSSR count). The fourth-order valence-corrected chi connectivity index (χ4v) is 1.40. The highest BCUT2D eigenvalue weighted by Crippen LogP contribution is 2.20. The maximum Gasteiger partial charge on any atom is 0.221 e. The van der Waals surface area contributed by atoms with Gasteiger partial charge in [0.05, 0.1) is 12.8 Å². The summed E-state index contributed by atoms with van der Waals surface area (Å²) in [6.07, 6.45) is 0.0462. The highest BCUT2D eigenvalue weighted by molar-refractivity contribution is 7.80. The number of halogens is 2. The lowest BCUT2D eigenvalue weighted by molar-refractivity contribution is -0.114. The number of carbonyl (C=O) groups is 1. The minimum Gasteiger partial charge on any atom is -0.490 e. The first-order chi connectivity index (χ1) is 7.93. The van der Waals surface area contributed by atoms with E-state index in [4.69, 9.17) is 17.0 Å². The monoisotopic (exact) mass is 259 g/mol. The Morgan fingerprint density at radius 3 is 2.59 bits per heavy atom. The number of amides is 1. The van der Waals surface area contributed by atoms with E-state index in [-0.39, 0.29) is 22.7 Å². The molecule has 1 amide bonds. The smallest absolute Gasteiger partial charge is 0.221 e.